The molecule has 0 saturated carbocycles. The van der Waals surface area contributed by atoms with Crippen LogP contribution in [0.2, 0.25) is 0 Å². The Kier molecular flexibility index (Phi) is 15.3. The van der Waals surface area contributed by atoms with Crippen molar-refractivity contribution in [3.63, 3.8) is 0 Å². The summed E-state index contributed by atoms with van der Waals surface area (Å²) in [6.45, 7) is 18.9. The quantitative estimate of drug-likeness (QED) is 0.177. The Bertz CT molecular complexity index is 2940. The van der Waals surface area contributed by atoms with E-state index < -0.39 is 5.60 Å². The van der Waals surface area contributed by atoms with E-state index in [0.29, 0.717) is 93.5 Å². The van der Waals surface area contributed by atoms with Crippen molar-refractivity contribution in [2.45, 2.75) is 104 Å². The molecule has 10 heterocycles. The first-order valence-electron chi connectivity index (χ1n) is 24.6. The average Bonchev–Trinajstić information content (AvgIpc) is 3.37. The molecule has 4 aliphatic rings. The fourth-order valence-electron chi connectivity index (χ4n) is 9.25. The van der Waals surface area contributed by atoms with Crippen LogP contribution in [0.25, 0.3) is 22.3 Å². The van der Waals surface area contributed by atoms with Crippen molar-refractivity contribution in [2.75, 3.05) is 65.7 Å². The zero-order valence-electron chi connectivity index (χ0n) is 41.3. The number of carbonyl (C=O) groups excluding carboxylic acids is 1. The van der Waals surface area contributed by atoms with Crippen molar-refractivity contribution in [1.29, 1.82) is 0 Å². The molecule has 20 heteroatoms. The van der Waals surface area contributed by atoms with Gasteiger partial charge in [-0.15, -0.1) is 0 Å². The second-order valence-electron chi connectivity index (χ2n) is 19.4. The predicted octanol–water partition coefficient (Wildman–Crippen LogP) is 4.69. The van der Waals surface area contributed by atoms with E-state index >= 15 is 0 Å². The summed E-state index contributed by atoms with van der Waals surface area (Å²) in [5, 5.41) is 3.62. The van der Waals surface area contributed by atoms with Gasteiger partial charge in [0, 0.05) is 81.4 Å². The normalized spacial score (nSPS) is 16.6. The second kappa shape index (κ2) is 22.1. The molecule has 0 spiro atoms. The van der Waals surface area contributed by atoms with E-state index in [9.17, 15) is 14.4 Å². The lowest BCUT2D eigenvalue weighted by atomic mass is 10.0. The van der Waals surface area contributed by atoms with Gasteiger partial charge in [0.25, 0.3) is 11.1 Å². The van der Waals surface area contributed by atoms with Gasteiger partial charge in [0.1, 0.15) is 43.1 Å². The standard InChI is InChI=1S/C28H36N6O5.C23H28N6O3/c1-19-5-6-22-26(31-19)33(25(35)17-30-22)12-11-32-9-7-21(8-10-32)34(27(36)39-28(2,3)4)18-20-15-23-24(16-29-20)38-14-13-37-23;1-16-2-3-19-23(27-16)29(22(30)15-26-19)9-8-28-6-4-17(5-7-28)24-13-18-12-20-21(14-25-18)32-11-10-31-20/h5-6,15-17,21H,7-14,18H2,1-4H3;2-3,12,14-15,17,24H,4-11,13H2,1H3. The second-order valence-corrected chi connectivity index (χ2v) is 19.4. The number of piperidine rings is 2. The summed E-state index contributed by atoms with van der Waals surface area (Å²) in [6, 6.07) is 11.9. The Morgan fingerprint density at radius 2 is 1.13 bits per heavy atom. The maximum absolute atomic E-state index is 13.3. The number of pyridine rings is 4. The lowest BCUT2D eigenvalue weighted by Crippen LogP contribution is -2.49. The van der Waals surface area contributed by atoms with Crippen LogP contribution < -0.4 is 35.4 Å². The van der Waals surface area contributed by atoms with Crippen molar-refractivity contribution in [2.24, 2.45) is 0 Å². The Balaban J connectivity index is 0.000000179. The average molecular weight is 973 g/mol. The molecule has 0 unspecified atom stereocenters. The number of amides is 1. The third-order valence-corrected chi connectivity index (χ3v) is 13.0. The number of hydrogen-bond acceptors (Lipinski definition) is 17. The molecule has 1 amide bonds. The first-order chi connectivity index (χ1) is 34.3. The zero-order valence-corrected chi connectivity index (χ0v) is 41.3. The third-order valence-electron chi connectivity index (χ3n) is 13.0. The van der Waals surface area contributed by atoms with Crippen molar-refractivity contribution in [3.05, 3.63) is 105 Å². The number of carbonyl (C=O) groups is 1. The highest BCUT2D eigenvalue weighted by atomic mass is 16.6. The zero-order chi connectivity index (χ0) is 49.5. The Hall–Kier alpha value is -6.77. The molecule has 0 atom stereocenters. The van der Waals surface area contributed by atoms with E-state index in [1.54, 1.807) is 26.4 Å². The molecular formula is C51H64N12O8. The van der Waals surface area contributed by atoms with Gasteiger partial charge in [-0.25, -0.2) is 24.7 Å². The minimum Gasteiger partial charge on any atom is -0.486 e. The predicted molar refractivity (Wildman–Crippen MR) is 265 cm³/mol. The maximum atomic E-state index is 13.3. The van der Waals surface area contributed by atoms with Crippen LogP contribution in [0.4, 0.5) is 4.79 Å². The number of aryl methyl sites for hydroxylation is 2. The Morgan fingerprint density at radius 3 is 1.65 bits per heavy atom. The van der Waals surface area contributed by atoms with E-state index in [1.165, 1.54) is 12.4 Å². The molecule has 0 aromatic carbocycles. The highest BCUT2D eigenvalue weighted by molar-refractivity contribution is 5.71. The molecule has 6 aromatic rings. The molecule has 0 aliphatic carbocycles. The third kappa shape index (κ3) is 12.6. The summed E-state index contributed by atoms with van der Waals surface area (Å²) < 4.78 is 31.7. The molecule has 2 saturated heterocycles. The smallest absolute Gasteiger partial charge is 0.410 e. The summed E-state index contributed by atoms with van der Waals surface area (Å²) in [5.41, 5.74) is 5.30. The number of ether oxygens (including phenoxy) is 5. The fourth-order valence-corrected chi connectivity index (χ4v) is 9.25. The van der Waals surface area contributed by atoms with Crippen molar-refractivity contribution in [1.82, 2.24) is 59.1 Å². The topological polar surface area (TPSA) is 206 Å². The van der Waals surface area contributed by atoms with Crippen LogP contribution in [0, 0.1) is 13.8 Å². The monoisotopic (exact) mass is 972 g/mol. The van der Waals surface area contributed by atoms with Crippen LogP contribution in [0.5, 0.6) is 23.0 Å². The van der Waals surface area contributed by atoms with Gasteiger partial charge in [-0.3, -0.25) is 33.6 Å². The minimum absolute atomic E-state index is 0.0000973. The van der Waals surface area contributed by atoms with E-state index in [2.05, 4.69) is 45.0 Å². The molecule has 71 heavy (non-hydrogen) atoms. The lowest BCUT2D eigenvalue weighted by Gasteiger charge is -2.39. The van der Waals surface area contributed by atoms with Crippen LogP contribution in [0.1, 0.15) is 69.2 Å². The van der Waals surface area contributed by atoms with Crippen LogP contribution >= 0.6 is 0 Å². The summed E-state index contributed by atoms with van der Waals surface area (Å²) >= 11 is 0. The van der Waals surface area contributed by atoms with E-state index in [1.807, 2.05) is 71.0 Å². The number of fused-ring (bicyclic) bond motifs is 4. The Morgan fingerprint density at radius 1 is 0.648 bits per heavy atom. The van der Waals surface area contributed by atoms with Gasteiger partial charge < -0.3 is 38.8 Å². The molecule has 376 valence electrons. The molecule has 10 rings (SSSR count). The lowest BCUT2D eigenvalue weighted by molar-refractivity contribution is 0.00528. The van der Waals surface area contributed by atoms with Crippen molar-refractivity contribution in [3.8, 4) is 23.0 Å². The number of nitrogens with one attached hydrogen (secondary N) is 1. The summed E-state index contributed by atoms with van der Waals surface area (Å²) in [6.07, 6.45) is 9.49. The van der Waals surface area contributed by atoms with Crippen molar-refractivity contribution < 1.29 is 28.5 Å². The number of hydrogen-bond donors (Lipinski definition) is 1. The summed E-state index contributed by atoms with van der Waals surface area (Å²) in [4.78, 5) is 71.3. The maximum Gasteiger partial charge on any atom is 0.410 e. The molecule has 2 fully saturated rings. The van der Waals surface area contributed by atoms with Crippen molar-refractivity contribution >= 4 is 28.4 Å². The van der Waals surface area contributed by atoms with Crippen LogP contribution in [-0.2, 0) is 30.9 Å². The molecule has 6 aromatic heterocycles. The molecule has 4 aliphatic heterocycles. The fraction of sp³-hybridized carbons (Fsp3) is 0.510. The molecule has 20 nitrogen and oxygen atoms in total. The largest absolute Gasteiger partial charge is 0.486 e. The van der Waals surface area contributed by atoms with Gasteiger partial charge in [0.05, 0.1) is 42.7 Å². The van der Waals surface area contributed by atoms with Crippen LogP contribution in [-0.4, -0.2) is 143 Å². The first-order valence-corrected chi connectivity index (χ1v) is 24.6. The van der Waals surface area contributed by atoms with Gasteiger partial charge in [-0.05, 0) is 97.7 Å². The minimum atomic E-state index is -0.608. The number of aromatic nitrogens is 8. The van der Waals surface area contributed by atoms with Gasteiger partial charge in [0.2, 0.25) is 0 Å². The SMILES string of the molecule is Cc1ccc2ncc(=O)n(CCN3CCC(N(Cc4cc5c(cn4)OCCO5)C(=O)OC(C)(C)C)CC3)c2n1.Cc1ccc2ncc(=O)n(CCN3CCC(NCc4cc5c(cn4)OCCO5)CC3)c2n1. The number of likely N-dealkylation sites (tertiary alicyclic amines) is 2. The molecule has 0 radical (unpaired) electrons. The highest BCUT2D eigenvalue weighted by Gasteiger charge is 2.32. The molecule has 0 bridgehead atoms. The molecule has 1 N–H and O–H groups in total. The van der Waals surface area contributed by atoms with Crippen LogP contribution in [0.3, 0.4) is 0 Å². The Labute approximate surface area is 412 Å². The first kappa shape index (κ1) is 49.2. The van der Waals surface area contributed by atoms with Gasteiger partial charge in [0.15, 0.2) is 34.3 Å². The van der Waals surface area contributed by atoms with Gasteiger partial charge in [-0.2, -0.15) is 0 Å². The summed E-state index contributed by atoms with van der Waals surface area (Å²) in [5.74, 6) is 2.77. The summed E-state index contributed by atoms with van der Waals surface area (Å²) in [7, 11) is 0. The number of rotatable bonds is 12. The van der Waals surface area contributed by atoms with E-state index in [-0.39, 0.29) is 23.3 Å². The van der Waals surface area contributed by atoms with Crippen LogP contribution in [0.15, 0.2) is 70.8 Å². The highest BCUT2D eigenvalue weighted by Crippen LogP contribution is 2.32. The van der Waals surface area contributed by atoms with Gasteiger partial charge in [-0.1, -0.05) is 0 Å². The van der Waals surface area contributed by atoms with Gasteiger partial charge >= 0.3 is 6.09 Å². The van der Waals surface area contributed by atoms with E-state index in [4.69, 9.17) is 23.7 Å². The van der Waals surface area contributed by atoms with E-state index in [0.717, 1.165) is 98.2 Å². The molecular weight excluding hydrogens is 909 g/mol. The number of nitrogens with zero attached hydrogens (tertiary/aromatic N) is 11.